The molecule has 1 aromatic carbocycles. The van der Waals surface area contributed by atoms with E-state index in [1.54, 1.807) is 18.4 Å². The maximum Gasteiger partial charge on any atom is 0.337 e. The molecular weight excluding hydrogens is 444 g/mol. The molecule has 182 valence electrons. The smallest absolute Gasteiger partial charge is 0.337 e. The van der Waals surface area contributed by atoms with Gasteiger partial charge in [-0.15, -0.1) is 0 Å². The quantitative estimate of drug-likeness (QED) is 0.602. The number of carbonyl (C=O) groups is 2. The first-order chi connectivity index (χ1) is 16.9. The number of anilines is 1. The van der Waals surface area contributed by atoms with Gasteiger partial charge in [-0.1, -0.05) is 24.3 Å². The Morgan fingerprint density at radius 1 is 1.11 bits per heavy atom. The first kappa shape index (κ1) is 23.1. The molecule has 3 aromatic rings. The molecule has 35 heavy (non-hydrogen) atoms. The highest BCUT2D eigenvalue weighted by molar-refractivity contribution is 5.90. The number of hydrogen-bond donors (Lipinski definition) is 1. The van der Waals surface area contributed by atoms with E-state index in [1.807, 2.05) is 23.1 Å². The van der Waals surface area contributed by atoms with E-state index >= 15 is 0 Å². The molecule has 0 saturated carbocycles. The molecule has 1 fully saturated rings. The third-order valence-corrected chi connectivity index (χ3v) is 7.12. The Hall–Kier alpha value is -3.65. The van der Waals surface area contributed by atoms with Crippen molar-refractivity contribution in [1.29, 1.82) is 0 Å². The number of hydrogen-bond acceptors (Lipinski definition) is 6. The van der Waals surface area contributed by atoms with Gasteiger partial charge in [0.25, 0.3) is 0 Å². The fraction of sp³-hybridized carbons (Fsp3) is 0.370. The van der Waals surface area contributed by atoms with Crippen molar-refractivity contribution in [2.24, 2.45) is 0 Å². The summed E-state index contributed by atoms with van der Waals surface area (Å²) in [5.41, 5.74) is 3.43. The van der Waals surface area contributed by atoms with Crippen molar-refractivity contribution in [2.75, 3.05) is 37.6 Å². The molecule has 0 aliphatic carbocycles. The number of piperazine rings is 1. The standard InChI is InChI=1S/C27H30N4O4/c1-18-15-30(24-7-6-22(14-28-24)27(33)34)16-19(2)31(18)17-25(32)29-11-8-20(9-12-29)23-5-3-4-21-10-13-35-26(21)23/h3-8,10,13-14,18-19H,9,11-12,15-17H2,1-2H3,(H,33,34)/t18-,19+. The third kappa shape index (κ3) is 4.66. The molecule has 0 spiro atoms. The van der Waals surface area contributed by atoms with E-state index in [4.69, 9.17) is 9.52 Å². The van der Waals surface area contributed by atoms with Crippen LogP contribution >= 0.6 is 0 Å². The van der Waals surface area contributed by atoms with Crippen LogP contribution in [-0.2, 0) is 4.79 Å². The van der Waals surface area contributed by atoms with E-state index in [0.29, 0.717) is 19.6 Å². The van der Waals surface area contributed by atoms with Gasteiger partial charge in [0.1, 0.15) is 11.4 Å². The predicted octanol–water partition coefficient (Wildman–Crippen LogP) is 3.74. The molecule has 8 nitrogen and oxygen atoms in total. The molecule has 2 aromatic heterocycles. The summed E-state index contributed by atoms with van der Waals surface area (Å²) >= 11 is 0. The number of rotatable bonds is 5. The van der Waals surface area contributed by atoms with Crippen molar-refractivity contribution >= 4 is 34.2 Å². The number of aromatic carboxylic acids is 1. The lowest BCUT2D eigenvalue weighted by Gasteiger charge is -2.45. The van der Waals surface area contributed by atoms with Gasteiger partial charge in [-0.05, 0) is 44.0 Å². The van der Waals surface area contributed by atoms with Crippen molar-refractivity contribution in [3.63, 3.8) is 0 Å². The normalized spacial score (nSPS) is 21.3. The van der Waals surface area contributed by atoms with E-state index in [-0.39, 0.29) is 23.6 Å². The van der Waals surface area contributed by atoms with Crippen LogP contribution in [0.3, 0.4) is 0 Å². The van der Waals surface area contributed by atoms with Crippen LogP contribution in [0.4, 0.5) is 5.82 Å². The highest BCUT2D eigenvalue weighted by atomic mass is 16.4. The fourth-order valence-electron chi connectivity index (χ4n) is 5.20. The van der Waals surface area contributed by atoms with Crippen LogP contribution < -0.4 is 4.90 Å². The fourth-order valence-corrected chi connectivity index (χ4v) is 5.20. The van der Waals surface area contributed by atoms with Gasteiger partial charge in [0.15, 0.2) is 0 Å². The molecular formula is C27H30N4O4. The van der Waals surface area contributed by atoms with Crippen LogP contribution in [0.2, 0.25) is 0 Å². The van der Waals surface area contributed by atoms with Crippen LogP contribution in [0, 0.1) is 0 Å². The van der Waals surface area contributed by atoms with Gasteiger partial charge in [-0.3, -0.25) is 9.69 Å². The van der Waals surface area contributed by atoms with Crippen LogP contribution in [0.25, 0.3) is 16.5 Å². The summed E-state index contributed by atoms with van der Waals surface area (Å²) in [5, 5.41) is 10.2. The van der Waals surface area contributed by atoms with E-state index < -0.39 is 5.97 Å². The molecule has 2 aliphatic heterocycles. The number of carboxylic acid groups (broad SMARTS) is 1. The third-order valence-electron chi connectivity index (χ3n) is 7.12. The summed E-state index contributed by atoms with van der Waals surface area (Å²) < 4.78 is 5.69. The molecule has 8 heteroatoms. The number of fused-ring (bicyclic) bond motifs is 1. The van der Waals surface area contributed by atoms with E-state index in [2.05, 4.69) is 40.8 Å². The minimum atomic E-state index is -0.980. The van der Waals surface area contributed by atoms with Crippen molar-refractivity contribution in [1.82, 2.24) is 14.8 Å². The van der Waals surface area contributed by atoms with Crippen LogP contribution in [0.15, 0.2) is 59.4 Å². The lowest BCUT2D eigenvalue weighted by molar-refractivity contribution is -0.133. The molecule has 1 amide bonds. The number of nitrogens with zero attached hydrogens (tertiary/aromatic N) is 4. The van der Waals surface area contributed by atoms with E-state index in [1.165, 1.54) is 11.8 Å². The average molecular weight is 475 g/mol. The maximum absolute atomic E-state index is 13.2. The van der Waals surface area contributed by atoms with Gasteiger partial charge in [-0.25, -0.2) is 9.78 Å². The van der Waals surface area contributed by atoms with Crippen LogP contribution in [0.1, 0.15) is 36.2 Å². The molecule has 2 atom stereocenters. The van der Waals surface area contributed by atoms with Crippen molar-refractivity contribution < 1.29 is 19.1 Å². The van der Waals surface area contributed by atoms with Crippen LogP contribution in [-0.4, -0.2) is 76.6 Å². The van der Waals surface area contributed by atoms with Gasteiger partial charge in [0.05, 0.1) is 18.4 Å². The average Bonchev–Trinajstić information content (AvgIpc) is 3.35. The SMILES string of the molecule is C[C@@H]1CN(c2ccc(C(=O)O)cn2)C[C@H](C)N1CC(=O)N1CC=C(c2cccc3ccoc23)CC1. The number of furan rings is 1. The summed E-state index contributed by atoms with van der Waals surface area (Å²) in [7, 11) is 0. The second-order valence-corrected chi connectivity index (χ2v) is 9.45. The predicted molar refractivity (Wildman–Crippen MR) is 134 cm³/mol. The second kappa shape index (κ2) is 9.54. The Balaban J connectivity index is 1.20. The zero-order valence-corrected chi connectivity index (χ0v) is 20.1. The van der Waals surface area contributed by atoms with E-state index in [0.717, 1.165) is 41.9 Å². The Bertz CT molecular complexity index is 1250. The van der Waals surface area contributed by atoms with Gasteiger partial charge < -0.3 is 19.3 Å². The lowest BCUT2D eigenvalue weighted by atomic mass is 9.98. The summed E-state index contributed by atoms with van der Waals surface area (Å²) in [6.07, 6.45) is 6.07. The highest BCUT2D eigenvalue weighted by Crippen LogP contribution is 2.30. The zero-order valence-electron chi connectivity index (χ0n) is 20.1. The number of benzene rings is 1. The van der Waals surface area contributed by atoms with Crippen molar-refractivity contribution in [2.45, 2.75) is 32.4 Å². The van der Waals surface area contributed by atoms with Gasteiger partial charge >= 0.3 is 5.97 Å². The van der Waals surface area contributed by atoms with Crippen molar-refractivity contribution in [3.05, 3.63) is 66.1 Å². The zero-order chi connectivity index (χ0) is 24.5. The van der Waals surface area contributed by atoms with Crippen molar-refractivity contribution in [3.8, 4) is 0 Å². The monoisotopic (exact) mass is 474 g/mol. The first-order valence-corrected chi connectivity index (χ1v) is 12.0. The topological polar surface area (TPSA) is 90.1 Å². The Kier molecular flexibility index (Phi) is 6.30. The summed E-state index contributed by atoms with van der Waals surface area (Å²) in [5.74, 6) is -0.0700. The lowest BCUT2D eigenvalue weighted by Crippen LogP contribution is -2.59. The summed E-state index contributed by atoms with van der Waals surface area (Å²) in [6, 6.07) is 11.8. The molecule has 1 saturated heterocycles. The number of amides is 1. The largest absolute Gasteiger partial charge is 0.478 e. The van der Waals surface area contributed by atoms with Gasteiger partial charge in [-0.2, -0.15) is 0 Å². The molecule has 0 unspecified atom stereocenters. The number of pyridine rings is 1. The molecule has 0 bridgehead atoms. The Morgan fingerprint density at radius 2 is 1.91 bits per heavy atom. The molecule has 0 radical (unpaired) electrons. The second-order valence-electron chi connectivity index (χ2n) is 9.45. The van der Waals surface area contributed by atoms with Gasteiger partial charge in [0, 0.05) is 55.4 Å². The molecule has 5 rings (SSSR count). The Labute approximate surface area is 204 Å². The molecule has 2 aliphatic rings. The minimum absolute atomic E-state index is 0.146. The maximum atomic E-state index is 13.2. The van der Waals surface area contributed by atoms with E-state index in [9.17, 15) is 9.59 Å². The summed E-state index contributed by atoms with van der Waals surface area (Å²) in [6.45, 7) is 7.40. The first-order valence-electron chi connectivity index (χ1n) is 12.0. The van der Waals surface area contributed by atoms with Crippen LogP contribution in [0.5, 0.6) is 0 Å². The number of aromatic nitrogens is 1. The summed E-state index contributed by atoms with van der Waals surface area (Å²) in [4.78, 5) is 35.0. The minimum Gasteiger partial charge on any atom is -0.478 e. The molecule has 4 heterocycles. The number of para-hydroxylation sites is 1. The Morgan fingerprint density at radius 3 is 2.57 bits per heavy atom. The number of carboxylic acids is 1. The molecule has 1 N–H and O–H groups in total. The number of carbonyl (C=O) groups excluding carboxylic acids is 1. The highest BCUT2D eigenvalue weighted by Gasteiger charge is 2.32. The van der Waals surface area contributed by atoms with Gasteiger partial charge in [0.2, 0.25) is 5.91 Å².